The minimum Gasteiger partial charge on any atom is -0.333 e. The van der Waals surface area contributed by atoms with Crippen molar-refractivity contribution in [3.05, 3.63) is 47.3 Å². The lowest BCUT2D eigenvalue weighted by molar-refractivity contribution is 0.0611. The second kappa shape index (κ2) is 6.85. The summed E-state index contributed by atoms with van der Waals surface area (Å²) in [5.74, 6) is 0.563. The third-order valence-electron chi connectivity index (χ3n) is 5.61. The number of carbonyl (C=O) groups is 1. The van der Waals surface area contributed by atoms with Crippen LogP contribution in [0, 0.1) is 6.92 Å². The molecule has 0 radical (unpaired) electrons. The summed E-state index contributed by atoms with van der Waals surface area (Å²) in [5, 5.41) is 7.53. The van der Waals surface area contributed by atoms with E-state index in [1.54, 1.807) is 17.2 Å². The van der Waals surface area contributed by atoms with Crippen LogP contribution in [0.4, 0.5) is 0 Å². The minimum absolute atomic E-state index is 0.119. The lowest BCUT2D eigenvalue weighted by Crippen LogP contribution is -2.54. The lowest BCUT2D eigenvalue weighted by atomic mass is 9.72. The van der Waals surface area contributed by atoms with E-state index in [2.05, 4.69) is 15.2 Å². The number of amides is 1. The SMILES string of the molecule is Cc1ncc2c(n1)C1(CCN(S(C)(=O)=O)CC1)CN(C(=O)c1ccnnc1)C2. The van der Waals surface area contributed by atoms with Gasteiger partial charge in [0, 0.05) is 43.4 Å². The van der Waals surface area contributed by atoms with Crippen molar-refractivity contribution in [1.82, 2.24) is 29.4 Å². The first-order chi connectivity index (χ1) is 13.3. The highest BCUT2D eigenvalue weighted by atomic mass is 32.2. The van der Waals surface area contributed by atoms with Gasteiger partial charge >= 0.3 is 0 Å². The fraction of sp³-hybridized carbons (Fsp3) is 0.500. The standard InChI is InChI=1S/C18H22N6O3S/c1-13-19-9-15-11-23(17(25)14-3-6-20-21-10-14)12-18(16(15)22-13)4-7-24(8-5-18)28(2,26)27/h3,6,9-10H,4-5,7-8,11-12H2,1-2H3. The Balaban J connectivity index is 1.69. The predicted molar refractivity (Wildman–Crippen MR) is 101 cm³/mol. The number of rotatable bonds is 2. The van der Waals surface area contributed by atoms with Gasteiger partial charge in [0.2, 0.25) is 10.0 Å². The van der Waals surface area contributed by atoms with Crippen molar-refractivity contribution in [3.8, 4) is 0 Å². The van der Waals surface area contributed by atoms with Crippen LogP contribution in [0.15, 0.2) is 24.7 Å². The molecule has 4 rings (SSSR count). The maximum atomic E-state index is 13.0. The normalized spacial score (nSPS) is 19.4. The van der Waals surface area contributed by atoms with Crippen molar-refractivity contribution in [3.63, 3.8) is 0 Å². The van der Waals surface area contributed by atoms with Gasteiger partial charge in [-0.15, -0.1) is 0 Å². The third kappa shape index (κ3) is 3.37. The van der Waals surface area contributed by atoms with Crippen LogP contribution < -0.4 is 0 Å². The number of carbonyl (C=O) groups excluding carboxylic acids is 1. The molecule has 0 aliphatic carbocycles. The average molecular weight is 402 g/mol. The highest BCUT2D eigenvalue weighted by Crippen LogP contribution is 2.41. The van der Waals surface area contributed by atoms with E-state index in [9.17, 15) is 13.2 Å². The quantitative estimate of drug-likeness (QED) is 0.720. The Hall–Kier alpha value is -2.46. The van der Waals surface area contributed by atoms with Gasteiger partial charge in [-0.25, -0.2) is 22.7 Å². The zero-order valence-corrected chi connectivity index (χ0v) is 16.7. The van der Waals surface area contributed by atoms with E-state index in [-0.39, 0.29) is 11.3 Å². The van der Waals surface area contributed by atoms with E-state index >= 15 is 0 Å². The first kappa shape index (κ1) is 18.9. The second-order valence-electron chi connectivity index (χ2n) is 7.53. The van der Waals surface area contributed by atoms with Crippen LogP contribution in [0.25, 0.3) is 0 Å². The van der Waals surface area contributed by atoms with Crippen LogP contribution in [0.1, 0.15) is 40.3 Å². The molecule has 1 saturated heterocycles. The van der Waals surface area contributed by atoms with Crippen molar-refractivity contribution in [2.45, 2.75) is 31.7 Å². The smallest absolute Gasteiger partial charge is 0.255 e. The zero-order valence-electron chi connectivity index (χ0n) is 15.9. The average Bonchev–Trinajstić information content (AvgIpc) is 2.68. The fourth-order valence-electron chi connectivity index (χ4n) is 4.16. The van der Waals surface area contributed by atoms with Crippen LogP contribution in [0.3, 0.4) is 0 Å². The summed E-state index contributed by atoms with van der Waals surface area (Å²) in [5.41, 5.74) is 1.97. The molecule has 0 N–H and O–H groups in total. The maximum absolute atomic E-state index is 13.0. The first-order valence-electron chi connectivity index (χ1n) is 9.13. The Labute approximate surface area is 163 Å². The van der Waals surface area contributed by atoms with Gasteiger partial charge in [0.25, 0.3) is 5.91 Å². The molecule has 4 heterocycles. The van der Waals surface area contributed by atoms with Gasteiger partial charge in [-0.05, 0) is 25.8 Å². The molecule has 1 spiro atoms. The van der Waals surface area contributed by atoms with Crippen molar-refractivity contribution in [2.75, 3.05) is 25.9 Å². The summed E-state index contributed by atoms with van der Waals surface area (Å²) < 4.78 is 25.4. The molecule has 9 nitrogen and oxygen atoms in total. The van der Waals surface area contributed by atoms with Crippen molar-refractivity contribution >= 4 is 15.9 Å². The van der Waals surface area contributed by atoms with Gasteiger partial charge in [0.1, 0.15) is 5.82 Å². The highest BCUT2D eigenvalue weighted by Gasteiger charge is 2.46. The number of aromatic nitrogens is 4. The summed E-state index contributed by atoms with van der Waals surface area (Å²) in [6, 6.07) is 1.65. The summed E-state index contributed by atoms with van der Waals surface area (Å²) in [7, 11) is -3.23. The molecule has 28 heavy (non-hydrogen) atoms. The molecule has 0 bridgehead atoms. The molecule has 2 aromatic rings. The molecule has 0 saturated carbocycles. The molecule has 1 fully saturated rings. The molecular formula is C18H22N6O3S. The van der Waals surface area contributed by atoms with E-state index < -0.39 is 10.0 Å². The summed E-state index contributed by atoms with van der Waals surface area (Å²) in [6.07, 6.45) is 7.20. The molecule has 0 atom stereocenters. The Morgan fingerprint density at radius 2 is 1.93 bits per heavy atom. The Morgan fingerprint density at radius 3 is 2.57 bits per heavy atom. The lowest BCUT2D eigenvalue weighted by Gasteiger charge is -2.47. The Kier molecular flexibility index (Phi) is 4.62. The molecule has 0 unspecified atom stereocenters. The molecule has 0 aromatic carbocycles. The molecule has 148 valence electrons. The van der Waals surface area contributed by atoms with Gasteiger partial charge < -0.3 is 4.90 Å². The largest absolute Gasteiger partial charge is 0.333 e. The van der Waals surface area contributed by atoms with Gasteiger partial charge in [0.05, 0.1) is 29.9 Å². The third-order valence-corrected chi connectivity index (χ3v) is 6.91. The Morgan fingerprint density at radius 1 is 1.18 bits per heavy atom. The number of piperidine rings is 1. The molecule has 1 amide bonds. The topological polar surface area (TPSA) is 109 Å². The second-order valence-corrected chi connectivity index (χ2v) is 9.51. The monoisotopic (exact) mass is 402 g/mol. The van der Waals surface area contributed by atoms with Gasteiger partial charge in [-0.3, -0.25) is 4.79 Å². The number of aryl methyl sites for hydroxylation is 1. The van der Waals surface area contributed by atoms with Crippen LogP contribution >= 0.6 is 0 Å². The number of sulfonamides is 1. The van der Waals surface area contributed by atoms with Crippen molar-refractivity contribution in [1.29, 1.82) is 0 Å². The first-order valence-corrected chi connectivity index (χ1v) is 11.0. The van der Waals surface area contributed by atoms with Crippen LogP contribution in [0.2, 0.25) is 0 Å². The van der Waals surface area contributed by atoms with Gasteiger partial charge in [-0.1, -0.05) is 0 Å². The van der Waals surface area contributed by atoms with E-state index in [1.807, 2.05) is 6.92 Å². The molecule has 2 aromatic heterocycles. The van der Waals surface area contributed by atoms with Gasteiger partial charge in [-0.2, -0.15) is 10.2 Å². The van der Waals surface area contributed by atoms with E-state index in [0.29, 0.717) is 50.4 Å². The van der Waals surface area contributed by atoms with E-state index in [1.165, 1.54) is 23.0 Å². The number of fused-ring (bicyclic) bond motifs is 2. The fourth-order valence-corrected chi connectivity index (χ4v) is 5.00. The van der Waals surface area contributed by atoms with Crippen molar-refractivity contribution < 1.29 is 13.2 Å². The number of nitrogens with zero attached hydrogens (tertiary/aromatic N) is 6. The number of hydrogen-bond acceptors (Lipinski definition) is 7. The van der Waals surface area contributed by atoms with Crippen LogP contribution in [-0.2, 0) is 22.0 Å². The predicted octanol–water partition coefficient (Wildman–Crippen LogP) is 0.524. The molecule has 2 aliphatic heterocycles. The Bertz CT molecular complexity index is 1000. The summed E-state index contributed by atoms with van der Waals surface area (Å²) in [6.45, 7) is 3.60. The zero-order chi connectivity index (χ0) is 19.9. The van der Waals surface area contributed by atoms with E-state index in [4.69, 9.17) is 4.98 Å². The number of hydrogen-bond donors (Lipinski definition) is 0. The summed E-state index contributed by atoms with van der Waals surface area (Å²) >= 11 is 0. The van der Waals surface area contributed by atoms with Crippen molar-refractivity contribution in [2.24, 2.45) is 0 Å². The minimum atomic E-state index is -3.23. The van der Waals surface area contributed by atoms with E-state index in [0.717, 1.165) is 11.3 Å². The highest BCUT2D eigenvalue weighted by molar-refractivity contribution is 7.88. The van der Waals surface area contributed by atoms with Crippen LogP contribution in [0.5, 0.6) is 0 Å². The summed E-state index contributed by atoms with van der Waals surface area (Å²) in [4.78, 5) is 23.8. The maximum Gasteiger partial charge on any atom is 0.255 e. The van der Waals surface area contributed by atoms with Crippen LogP contribution in [-0.4, -0.2) is 69.6 Å². The molecular weight excluding hydrogens is 380 g/mol. The van der Waals surface area contributed by atoms with Gasteiger partial charge in [0.15, 0.2) is 0 Å². The molecule has 10 heteroatoms. The molecule has 2 aliphatic rings.